The van der Waals surface area contributed by atoms with E-state index in [1.807, 2.05) is 12.1 Å². The molecule has 0 aliphatic carbocycles. The molecule has 1 amide bonds. The average molecular weight is 243 g/mol. The summed E-state index contributed by atoms with van der Waals surface area (Å²) < 4.78 is 0. The molecule has 0 unspecified atom stereocenters. The van der Waals surface area contributed by atoms with Crippen molar-refractivity contribution in [3.8, 4) is 0 Å². The molecule has 6 nitrogen and oxygen atoms in total. The standard InChI is InChI=1S/C12H13N5O/c1-8-4-5-10-9(7-8)3-2-6-17(10)12(18)11-13-15-16-14-11/h4-5,7H,2-3,6H2,1H3,(H,13,14,15,16). The van der Waals surface area contributed by atoms with Gasteiger partial charge in [-0.25, -0.2) is 0 Å². The molecule has 2 aromatic rings. The van der Waals surface area contributed by atoms with Gasteiger partial charge in [-0.2, -0.15) is 5.21 Å². The Bertz CT molecular complexity index is 578. The van der Waals surface area contributed by atoms with E-state index in [2.05, 4.69) is 33.6 Å². The Labute approximate surface area is 104 Å². The van der Waals surface area contributed by atoms with E-state index in [0.717, 1.165) is 18.5 Å². The molecule has 92 valence electrons. The van der Waals surface area contributed by atoms with Crippen molar-refractivity contribution in [2.75, 3.05) is 11.4 Å². The first kappa shape index (κ1) is 10.9. The summed E-state index contributed by atoms with van der Waals surface area (Å²) in [5.41, 5.74) is 3.38. The van der Waals surface area contributed by atoms with Crippen LogP contribution in [0.25, 0.3) is 0 Å². The second-order valence-electron chi connectivity index (χ2n) is 4.43. The molecule has 1 aliphatic rings. The van der Waals surface area contributed by atoms with E-state index in [9.17, 15) is 4.79 Å². The number of benzene rings is 1. The maximum Gasteiger partial charge on any atom is 0.299 e. The fraction of sp³-hybridized carbons (Fsp3) is 0.333. The number of aromatic nitrogens is 4. The Balaban J connectivity index is 1.99. The fourth-order valence-corrected chi connectivity index (χ4v) is 2.31. The first-order chi connectivity index (χ1) is 8.75. The van der Waals surface area contributed by atoms with Gasteiger partial charge in [0.1, 0.15) is 0 Å². The number of tetrazole rings is 1. The van der Waals surface area contributed by atoms with Crippen LogP contribution < -0.4 is 4.90 Å². The lowest BCUT2D eigenvalue weighted by Gasteiger charge is -2.28. The molecule has 0 saturated heterocycles. The summed E-state index contributed by atoms with van der Waals surface area (Å²) >= 11 is 0. The molecule has 0 spiro atoms. The summed E-state index contributed by atoms with van der Waals surface area (Å²) in [5, 5.41) is 13.2. The van der Waals surface area contributed by atoms with Crippen molar-refractivity contribution in [3.05, 3.63) is 35.2 Å². The number of rotatable bonds is 1. The molecular weight excluding hydrogens is 230 g/mol. The Morgan fingerprint density at radius 1 is 1.44 bits per heavy atom. The third kappa shape index (κ3) is 1.75. The highest BCUT2D eigenvalue weighted by atomic mass is 16.2. The first-order valence-corrected chi connectivity index (χ1v) is 5.90. The zero-order chi connectivity index (χ0) is 12.5. The third-order valence-corrected chi connectivity index (χ3v) is 3.14. The molecule has 3 rings (SSSR count). The van der Waals surface area contributed by atoms with Crippen LogP contribution in [0.3, 0.4) is 0 Å². The van der Waals surface area contributed by atoms with E-state index in [4.69, 9.17) is 0 Å². The van der Waals surface area contributed by atoms with Crippen molar-refractivity contribution in [3.63, 3.8) is 0 Å². The summed E-state index contributed by atoms with van der Waals surface area (Å²) in [6.45, 7) is 2.75. The van der Waals surface area contributed by atoms with E-state index >= 15 is 0 Å². The predicted octanol–water partition coefficient (Wildman–Crippen LogP) is 1.10. The zero-order valence-electron chi connectivity index (χ0n) is 10.1. The number of aryl methyl sites for hydroxylation is 2. The highest BCUT2D eigenvalue weighted by Crippen LogP contribution is 2.28. The number of aromatic amines is 1. The third-order valence-electron chi connectivity index (χ3n) is 3.14. The van der Waals surface area contributed by atoms with Crippen LogP contribution in [-0.4, -0.2) is 33.1 Å². The molecule has 1 aliphatic heterocycles. The number of amides is 1. The number of H-pyrrole nitrogens is 1. The fourth-order valence-electron chi connectivity index (χ4n) is 2.31. The van der Waals surface area contributed by atoms with Gasteiger partial charge in [0, 0.05) is 12.2 Å². The van der Waals surface area contributed by atoms with Crippen molar-refractivity contribution in [2.45, 2.75) is 19.8 Å². The van der Waals surface area contributed by atoms with Crippen LogP contribution in [0.1, 0.15) is 28.2 Å². The minimum Gasteiger partial charge on any atom is -0.305 e. The normalized spacial score (nSPS) is 14.4. The van der Waals surface area contributed by atoms with Crippen LogP contribution >= 0.6 is 0 Å². The summed E-state index contributed by atoms with van der Waals surface area (Å²) in [7, 11) is 0. The van der Waals surface area contributed by atoms with Gasteiger partial charge < -0.3 is 4.90 Å². The molecule has 18 heavy (non-hydrogen) atoms. The maximum atomic E-state index is 12.2. The molecule has 1 aromatic heterocycles. The number of nitrogens with one attached hydrogen (secondary N) is 1. The molecule has 0 saturated carbocycles. The SMILES string of the molecule is Cc1ccc2c(c1)CCCN2C(=O)c1nn[nH]n1. The van der Waals surface area contributed by atoms with Crippen LogP contribution in [0.2, 0.25) is 0 Å². The average Bonchev–Trinajstić information content (AvgIpc) is 2.90. The first-order valence-electron chi connectivity index (χ1n) is 5.90. The molecular formula is C12H13N5O. The highest BCUT2D eigenvalue weighted by molar-refractivity contribution is 6.04. The highest BCUT2D eigenvalue weighted by Gasteiger charge is 2.25. The van der Waals surface area contributed by atoms with E-state index in [1.54, 1.807) is 4.90 Å². The Morgan fingerprint density at radius 3 is 3.11 bits per heavy atom. The van der Waals surface area contributed by atoms with Crippen LogP contribution in [0, 0.1) is 6.92 Å². The number of hydrogen-bond acceptors (Lipinski definition) is 4. The number of hydrogen-bond donors (Lipinski definition) is 1. The van der Waals surface area contributed by atoms with Gasteiger partial charge in [0.25, 0.3) is 11.7 Å². The van der Waals surface area contributed by atoms with E-state index in [0.29, 0.717) is 6.54 Å². The van der Waals surface area contributed by atoms with Gasteiger partial charge in [-0.15, -0.1) is 10.2 Å². The zero-order valence-corrected chi connectivity index (χ0v) is 10.1. The van der Waals surface area contributed by atoms with Gasteiger partial charge in [-0.1, -0.05) is 17.7 Å². The van der Waals surface area contributed by atoms with E-state index in [1.165, 1.54) is 11.1 Å². The molecule has 0 radical (unpaired) electrons. The quantitative estimate of drug-likeness (QED) is 0.813. The minimum atomic E-state index is -0.200. The topological polar surface area (TPSA) is 74.8 Å². The van der Waals surface area contributed by atoms with Gasteiger partial charge in [0.05, 0.1) is 0 Å². The Kier molecular flexibility index (Phi) is 2.55. The molecule has 6 heteroatoms. The Hall–Kier alpha value is -2.24. The number of anilines is 1. The number of carbonyl (C=O) groups is 1. The number of nitrogens with zero attached hydrogens (tertiary/aromatic N) is 4. The number of fused-ring (bicyclic) bond motifs is 1. The second-order valence-corrected chi connectivity index (χ2v) is 4.43. The smallest absolute Gasteiger partial charge is 0.299 e. The minimum absolute atomic E-state index is 0.114. The molecule has 1 N–H and O–H groups in total. The van der Waals surface area contributed by atoms with Crippen LogP contribution in [0.5, 0.6) is 0 Å². The maximum absolute atomic E-state index is 12.2. The molecule has 0 atom stereocenters. The largest absolute Gasteiger partial charge is 0.305 e. The molecule has 2 heterocycles. The lowest BCUT2D eigenvalue weighted by atomic mass is 9.99. The van der Waals surface area contributed by atoms with Gasteiger partial charge >= 0.3 is 0 Å². The van der Waals surface area contributed by atoms with Gasteiger partial charge in [-0.3, -0.25) is 4.79 Å². The number of carbonyl (C=O) groups excluding carboxylic acids is 1. The summed E-state index contributed by atoms with van der Waals surface area (Å²) in [6, 6.07) is 6.13. The lowest BCUT2D eigenvalue weighted by Crippen LogP contribution is -2.36. The van der Waals surface area contributed by atoms with E-state index in [-0.39, 0.29) is 11.7 Å². The van der Waals surface area contributed by atoms with Gasteiger partial charge in [-0.05, 0) is 36.6 Å². The monoisotopic (exact) mass is 243 g/mol. The summed E-state index contributed by atoms with van der Waals surface area (Å²) in [4.78, 5) is 14.0. The van der Waals surface area contributed by atoms with Gasteiger partial charge in [0.2, 0.25) is 0 Å². The van der Waals surface area contributed by atoms with Crippen LogP contribution in [0.15, 0.2) is 18.2 Å². The van der Waals surface area contributed by atoms with Gasteiger partial charge in [0.15, 0.2) is 0 Å². The van der Waals surface area contributed by atoms with Crippen LogP contribution in [0.4, 0.5) is 5.69 Å². The van der Waals surface area contributed by atoms with Crippen molar-refractivity contribution < 1.29 is 4.79 Å². The molecule has 0 bridgehead atoms. The summed E-state index contributed by atoms with van der Waals surface area (Å²) in [6.07, 6.45) is 1.97. The Morgan fingerprint density at radius 2 is 2.33 bits per heavy atom. The van der Waals surface area contributed by atoms with E-state index < -0.39 is 0 Å². The molecule has 1 aromatic carbocycles. The lowest BCUT2D eigenvalue weighted by molar-refractivity contribution is 0.0975. The second kappa shape index (κ2) is 4.21. The van der Waals surface area contributed by atoms with Crippen molar-refractivity contribution in [1.29, 1.82) is 0 Å². The van der Waals surface area contributed by atoms with Crippen molar-refractivity contribution in [1.82, 2.24) is 20.6 Å². The van der Waals surface area contributed by atoms with Crippen LogP contribution in [-0.2, 0) is 6.42 Å². The van der Waals surface area contributed by atoms with Crippen molar-refractivity contribution in [2.24, 2.45) is 0 Å². The summed E-state index contributed by atoms with van der Waals surface area (Å²) in [5.74, 6) is -0.0861. The predicted molar refractivity (Wildman–Crippen MR) is 65.4 cm³/mol. The van der Waals surface area contributed by atoms with Crippen molar-refractivity contribution >= 4 is 11.6 Å². The molecule has 0 fully saturated rings.